The molecule has 0 fully saturated rings. The van der Waals surface area contributed by atoms with Crippen LogP contribution in [0.4, 0.5) is 0 Å². The van der Waals surface area contributed by atoms with Crippen LogP contribution in [0.5, 0.6) is 0 Å². The Hall–Kier alpha value is -1.10. The lowest BCUT2D eigenvalue weighted by molar-refractivity contribution is -0.150. The SMILES string of the molecule is CN(C)[C@@](C)(CCC(=O)O)C(=O)O. The Morgan fingerprint density at radius 3 is 2.00 bits per heavy atom. The number of carboxylic acids is 2. The van der Waals surface area contributed by atoms with Crippen LogP contribution in [0.3, 0.4) is 0 Å². The van der Waals surface area contributed by atoms with E-state index in [1.54, 1.807) is 14.1 Å². The third-order valence-corrected chi connectivity index (χ3v) is 2.27. The predicted octanol–water partition coefficient (Wildman–Crippen LogP) is 0.256. The highest BCUT2D eigenvalue weighted by molar-refractivity contribution is 5.79. The first kappa shape index (κ1) is 11.9. The van der Waals surface area contributed by atoms with Crippen molar-refractivity contribution in [1.29, 1.82) is 0 Å². The van der Waals surface area contributed by atoms with Gasteiger partial charge in [-0.05, 0) is 27.4 Å². The highest BCUT2D eigenvalue weighted by Crippen LogP contribution is 2.18. The molecule has 5 heteroatoms. The molecule has 0 rings (SSSR count). The molecule has 0 aliphatic heterocycles. The van der Waals surface area contributed by atoms with Crippen molar-refractivity contribution in [2.24, 2.45) is 0 Å². The fourth-order valence-electron chi connectivity index (χ4n) is 0.872. The number of carbonyl (C=O) groups is 2. The van der Waals surface area contributed by atoms with E-state index in [1.165, 1.54) is 11.8 Å². The molecule has 0 radical (unpaired) electrons. The molecule has 2 N–H and O–H groups in total. The first-order valence-corrected chi connectivity index (χ1v) is 3.93. The van der Waals surface area contributed by atoms with E-state index in [0.29, 0.717) is 0 Å². The van der Waals surface area contributed by atoms with Gasteiger partial charge in [0, 0.05) is 6.42 Å². The highest BCUT2D eigenvalue weighted by atomic mass is 16.4. The molecule has 0 aromatic heterocycles. The zero-order valence-electron chi connectivity index (χ0n) is 8.07. The molecule has 5 nitrogen and oxygen atoms in total. The van der Waals surface area contributed by atoms with Crippen molar-refractivity contribution in [2.75, 3.05) is 14.1 Å². The molecule has 0 amide bonds. The molecule has 13 heavy (non-hydrogen) atoms. The summed E-state index contributed by atoms with van der Waals surface area (Å²) in [6.07, 6.45) is -0.0361. The van der Waals surface area contributed by atoms with Crippen molar-refractivity contribution in [2.45, 2.75) is 25.3 Å². The van der Waals surface area contributed by atoms with Gasteiger partial charge in [0.2, 0.25) is 0 Å². The summed E-state index contributed by atoms with van der Waals surface area (Å²) in [5.41, 5.74) is -1.10. The van der Waals surface area contributed by atoms with E-state index in [9.17, 15) is 9.59 Å². The van der Waals surface area contributed by atoms with Crippen LogP contribution in [-0.2, 0) is 9.59 Å². The second-order valence-corrected chi connectivity index (χ2v) is 3.37. The maximum Gasteiger partial charge on any atom is 0.323 e. The van der Waals surface area contributed by atoms with Crippen LogP contribution < -0.4 is 0 Å². The summed E-state index contributed by atoms with van der Waals surface area (Å²) >= 11 is 0. The summed E-state index contributed by atoms with van der Waals surface area (Å²) in [7, 11) is 3.24. The zero-order chi connectivity index (χ0) is 10.6. The van der Waals surface area contributed by atoms with Crippen molar-refractivity contribution in [3.05, 3.63) is 0 Å². The van der Waals surface area contributed by atoms with Gasteiger partial charge in [-0.15, -0.1) is 0 Å². The average molecular weight is 189 g/mol. The molecule has 76 valence electrons. The first-order chi connectivity index (χ1) is 5.80. The number of rotatable bonds is 5. The summed E-state index contributed by atoms with van der Waals surface area (Å²) < 4.78 is 0. The van der Waals surface area contributed by atoms with Gasteiger partial charge in [-0.2, -0.15) is 0 Å². The second-order valence-electron chi connectivity index (χ2n) is 3.37. The smallest absolute Gasteiger partial charge is 0.323 e. The van der Waals surface area contributed by atoms with Crippen LogP contribution >= 0.6 is 0 Å². The summed E-state index contributed by atoms with van der Waals surface area (Å²) in [5.74, 6) is -1.98. The molecule has 0 bridgehead atoms. The van der Waals surface area contributed by atoms with E-state index in [-0.39, 0.29) is 12.8 Å². The Morgan fingerprint density at radius 1 is 1.31 bits per heavy atom. The predicted molar refractivity (Wildman–Crippen MR) is 46.6 cm³/mol. The number of nitrogens with zero attached hydrogens (tertiary/aromatic N) is 1. The standard InChI is InChI=1S/C8H15NO4/c1-8(7(12)13,9(2)3)5-4-6(10)11/h4-5H2,1-3H3,(H,10,11)(H,12,13)/t8-/m0/s1. The summed E-state index contributed by atoms with van der Waals surface area (Å²) in [6, 6.07) is 0. The van der Waals surface area contributed by atoms with E-state index in [1.807, 2.05) is 0 Å². The van der Waals surface area contributed by atoms with Crippen LogP contribution in [0.25, 0.3) is 0 Å². The molecule has 0 saturated carbocycles. The van der Waals surface area contributed by atoms with Gasteiger partial charge in [-0.1, -0.05) is 0 Å². The molecule has 0 spiro atoms. The van der Waals surface area contributed by atoms with Gasteiger partial charge in [0.1, 0.15) is 5.54 Å². The third-order valence-electron chi connectivity index (χ3n) is 2.27. The Kier molecular flexibility index (Phi) is 3.87. The Labute approximate surface area is 77.0 Å². The van der Waals surface area contributed by atoms with Crippen molar-refractivity contribution < 1.29 is 19.8 Å². The first-order valence-electron chi connectivity index (χ1n) is 3.93. The Morgan fingerprint density at radius 2 is 1.77 bits per heavy atom. The van der Waals surface area contributed by atoms with Crippen LogP contribution in [0.15, 0.2) is 0 Å². The van der Waals surface area contributed by atoms with Crippen molar-refractivity contribution in [1.82, 2.24) is 4.90 Å². The maximum absolute atomic E-state index is 10.8. The van der Waals surface area contributed by atoms with Gasteiger partial charge in [0.05, 0.1) is 0 Å². The second kappa shape index (κ2) is 4.23. The quantitative estimate of drug-likeness (QED) is 0.648. The Balaban J connectivity index is 4.43. The molecular formula is C8H15NO4. The third kappa shape index (κ3) is 3.02. The number of aliphatic carboxylic acids is 2. The van der Waals surface area contributed by atoms with Crippen LogP contribution in [0.2, 0.25) is 0 Å². The van der Waals surface area contributed by atoms with E-state index >= 15 is 0 Å². The van der Waals surface area contributed by atoms with Gasteiger partial charge in [-0.25, -0.2) is 0 Å². The van der Waals surface area contributed by atoms with Crippen LogP contribution in [-0.4, -0.2) is 46.7 Å². The van der Waals surface area contributed by atoms with Gasteiger partial charge < -0.3 is 10.2 Å². The molecule has 0 unspecified atom stereocenters. The largest absolute Gasteiger partial charge is 0.481 e. The topological polar surface area (TPSA) is 77.8 Å². The van der Waals surface area contributed by atoms with Crippen LogP contribution in [0.1, 0.15) is 19.8 Å². The van der Waals surface area contributed by atoms with Gasteiger partial charge in [0.25, 0.3) is 0 Å². The fraction of sp³-hybridized carbons (Fsp3) is 0.750. The minimum Gasteiger partial charge on any atom is -0.481 e. The molecule has 0 saturated heterocycles. The molecule has 1 atom stereocenters. The summed E-state index contributed by atoms with van der Waals surface area (Å²) in [6.45, 7) is 1.51. The minimum atomic E-state index is -1.10. The monoisotopic (exact) mass is 189 g/mol. The number of likely N-dealkylation sites (N-methyl/N-ethyl adjacent to an activating group) is 1. The fourth-order valence-corrected chi connectivity index (χ4v) is 0.872. The van der Waals surface area contributed by atoms with Gasteiger partial charge in [-0.3, -0.25) is 14.5 Å². The molecule has 0 aliphatic rings. The number of hydrogen-bond acceptors (Lipinski definition) is 3. The molecule has 0 aromatic rings. The minimum absolute atomic E-state index is 0.102. The molecular weight excluding hydrogens is 174 g/mol. The molecule has 0 heterocycles. The lowest BCUT2D eigenvalue weighted by Gasteiger charge is -2.31. The van der Waals surface area contributed by atoms with E-state index in [4.69, 9.17) is 10.2 Å². The zero-order valence-corrected chi connectivity index (χ0v) is 8.07. The Bertz CT molecular complexity index is 214. The van der Waals surface area contributed by atoms with Crippen LogP contribution in [0, 0.1) is 0 Å². The summed E-state index contributed by atoms with van der Waals surface area (Å²) in [5, 5.41) is 17.3. The number of hydrogen-bond donors (Lipinski definition) is 2. The van der Waals surface area contributed by atoms with E-state index < -0.39 is 17.5 Å². The van der Waals surface area contributed by atoms with E-state index in [2.05, 4.69) is 0 Å². The van der Waals surface area contributed by atoms with Crippen molar-refractivity contribution in [3.63, 3.8) is 0 Å². The molecule has 0 aliphatic carbocycles. The maximum atomic E-state index is 10.8. The van der Waals surface area contributed by atoms with Gasteiger partial charge >= 0.3 is 11.9 Å². The lowest BCUT2D eigenvalue weighted by atomic mass is 9.95. The highest BCUT2D eigenvalue weighted by Gasteiger charge is 2.35. The van der Waals surface area contributed by atoms with Crippen molar-refractivity contribution >= 4 is 11.9 Å². The normalized spacial score (nSPS) is 15.4. The molecule has 0 aromatic carbocycles. The average Bonchev–Trinajstić information content (AvgIpc) is 1.99. The summed E-state index contributed by atoms with van der Waals surface area (Å²) in [4.78, 5) is 22.6. The van der Waals surface area contributed by atoms with E-state index in [0.717, 1.165) is 0 Å². The number of carboxylic acid groups (broad SMARTS) is 2. The lowest BCUT2D eigenvalue weighted by Crippen LogP contribution is -2.48. The van der Waals surface area contributed by atoms with Gasteiger partial charge in [0.15, 0.2) is 0 Å². The van der Waals surface area contributed by atoms with Crippen molar-refractivity contribution in [3.8, 4) is 0 Å².